The van der Waals surface area contributed by atoms with Crippen LogP contribution in [0.25, 0.3) is 0 Å². The van der Waals surface area contributed by atoms with E-state index in [0.717, 1.165) is 31.3 Å². The van der Waals surface area contributed by atoms with Gasteiger partial charge in [-0.15, -0.1) is 0 Å². The lowest BCUT2D eigenvalue weighted by Gasteiger charge is -2.60. The predicted octanol–water partition coefficient (Wildman–Crippen LogP) is 4.43. The van der Waals surface area contributed by atoms with Crippen molar-refractivity contribution in [3.05, 3.63) is 11.6 Å². The third-order valence-electron chi connectivity index (χ3n) is 12.3. The van der Waals surface area contributed by atoms with E-state index in [1.165, 1.54) is 0 Å². The number of carbonyl (C=O) groups is 1. The molecule has 4 aliphatic carbocycles. The smallest absolute Gasteiger partial charge is 0.168 e. The molecule has 0 aromatic rings. The van der Waals surface area contributed by atoms with E-state index in [4.69, 9.17) is 9.47 Å². The average molecular weight is 549 g/mol. The van der Waals surface area contributed by atoms with E-state index >= 15 is 0 Å². The molecule has 0 bridgehead atoms. The number of fused-ring (bicyclic) bond motifs is 6. The fraction of sp³-hybridized carbons (Fsp3) is 0.906. The molecular weight excluding hydrogens is 496 g/mol. The summed E-state index contributed by atoms with van der Waals surface area (Å²) in [6.45, 7) is 13.5. The Morgan fingerprint density at radius 2 is 1.67 bits per heavy atom. The fourth-order valence-corrected chi connectivity index (χ4v) is 9.69. The number of carbonyl (C=O) groups excluding carboxylic acids is 1. The van der Waals surface area contributed by atoms with Crippen LogP contribution in [0.3, 0.4) is 0 Å². The Hall–Kier alpha value is -0.830. The zero-order valence-electron chi connectivity index (χ0n) is 25.1. The first-order valence-electron chi connectivity index (χ1n) is 15.4. The first kappa shape index (κ1) is 29.7. The summed E-state index contributed by atoms with van der Waals surface area (Å²) in [5.41, 5.74) is -3.76. The number of aliphatic hydroxyl groups is 4. The van der Waals surface area contributed by atoms with Gasteiger partial charge in [-0.3, -0.25) is 4.79 Å². The van der Waals surface area contributed by atoms with E-state index in [9.17, 15) is 25.2 Å². The lowest BCUT2D eigenvalue weighted by atomic mass is 9.45. The summed E-state index contributed by atoms with van der Waals surface area (Å²) in [7, 11) is 0. The van der Waals surface area contributed by atoms with Crippen molar-refractivity contribution in [2.24, 2.45) is 28.6 Å². The van der Waals surface area contributed by atoms with Crippen molar-refractivity contribution in [1.29, 1.82) is 0 Å². The van der Waals surface area contributed by atoms with Gasteiger partial charge in [0.05, 0.1) is 35.1 Å². The molecule has 222 valence electrons. The quantitative estimate of drug-likeness (QED) is 0.372. The maximum atomic E-state index is 13.8. The molecule has 0 unspecified atom stereocenters. The van der Waals surface area contributed by atoms with E-state index in [2.05, 4.69) is 20.8 Å². The minimum Gasteiger partial charge on any atom is -0.390 e. The van der Waals surface area contributed by atoms with E-state index in [1.54, 1.807) is 26.8 Å². The van der Waals surface area contributed by atoms with Crippen molar-refractivity contribution in [2.45, 2.75) is 154 Å². The molecule has 39 heavy (non-hydrogen) atoms. The molecule has 0 aromatic heterocycles. The van der Waals surface area contributed by atoms with Gasteiger partial charge in [-0.25, -0.2) is 0 Å². The van der Waals surface area contributed by atoms with Crippen molar-refractivity contribution in [1.82, 2.24) is 0 Å². The van der Waals surface area contributed by atoms with Gasteiger partial charge in [-0.2, -0.15) is 0 Å². The molecule has 10 atom stereocenters. The molecule has 1 saturated heterocycles. The monoisotopic (exact) mass is 548 g/mol. The summed E-state index contributed by atoms with van der Waals surface area (Å²) in [4.78, 5) is 13.8. The van der Waals surface area contributed by atoms with E-state index in [1.807, 2.05) is 6.92 Å². The Morgan fingerprint density at radius 1 is 1.03 bits per heavy atom. The van der Waals surface area contributed by atoms with Crippen molar-refractivity contribution >= 4 is 5.78 Å². The minimum absolute atomic E-state index is 0.0516. The Balaban J connectivity index is 1.43. The Kier molecular flexibility index (Phi) is 7.10. The van der Waals surface area contributed by atoms with Crippen LogP contribution >= 0.6 is 0 Å². The molecule has 0 spiro atoms. The maximum absolute atomic E-state index is 13.8. The molecule has 4 N–H and O–H groups in total. The molecule has 3 saturated carbocycles. The molecule has 5 rings (SSSR count). The zero-order valence-corrected chi connectivity index (χ0v) is 25.1. The van der Waals surface area contributed by atoms with Crippen molar-refractivity contribution < 1.29 is 34.7 Å². The second-order valence-corrected chi connectivity index (χ2v) is 15.0. The van der Waals surface area contributed by atoms with Gasteiger partial charge < -0.3 is 29.9 Å². The molecule has 1 heterocycles. The number of hydrogen-bond acceptors (Lipinski definition) is 7. The molecular formula is C32H52O7. The minimum atomic E-state index is -1.43. The van der Waals surface area contributed by atoms with Crippen LogP contribution < -0.4 is 0 Å². The number of rotatable bonds is 7. The van der Waals surface area contributed by atoms with Gasteiger partial charge in [0, 0.05) is 11.3 Å². The summed E-state index contributed by atoms with van der Waals surface area (Å²) in [6, 6.07) is 0. The largest absolute Gasteiger partial charge is 0.390 e. The Labute approximate surface area is 234 Å². The van der Waals surface area contributed by atoms with Crippen LogP contribution in [0, 0.1) is 28.6 Å². The summed E-state index contributed by atoms with van der Waals surface area (Å²) in [5.74, 6) is -0.929. The van der Waals surface area contributed by atoms with E-state index in [0.29, 0.717) is 32.1 Å². The summed E-state index contributed by atoms with van der Waals surface area (Å²) in [5, 5.41) is 45.5. The SMILES string of the molecule is CCC1(CC)O[C@H]2C[C@@]3(C)[C@@H](C[C@H]2O1)C(=O)C=C1[C@@H]3CC[C@]2(C)[C@@H]([C@@](C)(O)[C@H](O)CCC(C)(C)O)CC[C@@]12O. The highest BCUT2D eigenvalue weighted by Gasteiger charge is 2.69. The Morgan fingerprint density at radius 3 is 2.28 bits per heavy atom. The Bertz CT molecular complexity index is 1010. The van der Waals surface area contributed by atoms with Crippen molar-refractivity contribution in [3.8, 4) is 0 Å². The molecule has 0 radical (unpaired) electrons. The highest BCUT2D eigenvalue weighted by molar-refractivity contribution is 5.95. The average Bonchev–Trinajstić information content (AvgIpc) is 3.35. The fourth-order valence-electron chi connectivity index (χ4n) is 9.69. The van der Waals surface area contributed by atoms with E-state index < -0.39 is 34.1 Å². The molecule has 7 nitrogen and oxygen atoms in total. The number of aliphatic hydroxyl groups excluding tert-OH is 1. The third-order valence-corrected chi connectivity index (χ3v) is 12.3. The van der Waals surface area contributed by atoms with Crippen LogP contribution in [-0.4, -0.2) is 67.1 Å². The molecule has 7 heteroatoms. The van der Waals surface area contributed by atoms with Gasteiger partial charge in [-0.1, -0.05) is 27.7 Å². The molecule has 0 amide bonds. The van der Waals surface area contributed by atoms with Gasteiger partial charge in [-0.05, 0) is 114 Å². The molecule has 0 aromatic carbocycles. The van der Waals surface area contributed by atoms with Crippen LogP contribution in [0.4, 0.5) is 0 Å². The van der Waals surface area contributed by atoms with Crippen LogP contribution in [0.2, 0.25) is 0 Å². The summed E-state index contributed by atoms with van der Waals surface area (Å²) < 4.78 is 13.0. The van der Waals surface area contributed by atoms with Gasteiger partial charge in [0.2, 0.25) is 0 Å². The van der Waals surface area contributed by atoms with Crippen LogP contribution in [0.1, 0.15) is 113 Å². The topological polar surface area (TPSA) is 116 Å². The normalized spacial score (nSPS) is 45.5. The number of allylic oxidation sites excluding steroid dienone is 1. The van der Waals surface area contributed by atoms with Gasteiger partial charge in [0.1, 0.15) is 0 Å². The molecule has 1 aliphatic heterocycles. The number of hydrogen-bond donors (Lipinski definition) is 4. The van der Waals surface area contributed by atoms with Crippen LogP contribution in [0.5, 0.6) is 0 Å². The standard InChI is InChI=1S/C32H52O7/c1-8-31(9-2)38-23-17-21-22(33)16-20-19(28(21,5)18-24(23)39-31)10-14-29(6)25(11-15-32(20,29)37)30(7,36)26(34)12-13-27(3,4)35/h16,19,21,23-26,34-37H,8-15,17-18H2,1-7H3/t19-,21-,23+,24-,25-,26+,28+,29+,30+,32+/m0/s1. The van der Waals surface area contributed by atoms with E-state index in [-0.39, 0.29) is 47.6 Å². The third kappa shape index (κ3) is 4.32. The first-order valence-corrected chi connectivity index (χ1v) is 15.4. The highest BCUT2D eigenvalue weighted by Crippen LogP contribution is 2.69. The van der Waals surface area contributed by atoms with Crippen molar-refractivity contribution in [2.75, 3.05) is 0 Å². The van der Waals surface area contributed by atoms with Gasteiger partial charge in [0.15, 0.2) is 11.6 Å². The van der Waals surface area contributed by atoms with Crippen molar-refractivity contribution in [3.63, 3.8) is 0 Å². The summed E-state index contributed by atoms with van der Waals surface area (Å²) in [6.07, 6.45) is 6.73. The maximum Gasteiger partial charge on any atom is 0.168 e. The second-order valence-electron chi connectivity index (χ2n) is 15.0. The highest BCUT2D eigenvalue weighted by atomic mass is 16.8. The molecule has 5 aliphatic rings. The second kappa shape index (κ2) is 9.34. The summed E-state index contributed by atoms with van der Waals surface area (Å²) >= 11 is 0. The number of ketones is 1. The van der Waals surface area contributed by atoms with Crippen LogP contribution in [0.15, 0.2) is 11.6 Å². The van der Waals surface area contributed by atoms with Crippen LogP contribution in [-0.2, 0) is 14.3 Å². The lowest BCUT2D eigenvalue weighted by Crippen LogP contribution is -2.62. The zero-order chi connectivity index (χ0) is 28.8. The molecule has 4 fully saturated rings. The number of ether oxygens (including phenoxy) is 2. The van der Waals surface area contributed by atoms with Gasteiger partial charge in [0.25, 0.3) is 0 Å². The first-order chi connectivity index (χ1) is 18.0. The predicted molar refractivity (Wildman–Crippen MR) is 148 cm³/mol. The van der Waals surface area contributed by atoms with Gasteiger partial charge >= 0.3 is 0 Å². The lowest BCUT2D eigenvalue weighted by molar-refractivity contribution is -0.180.